The smallest absolute Gasteiger partial charge is 0.228 e. The zero-order valence-electron chi connectivity index (χ0n) is 11.1. The molecule has 3 nitrogen and oxygen atoms in total. The molecule has 1 aliphatic rings. The molecule has 1 amide bonds. The summed E-state index contributed by atoms with van der Waals surface area (Å²) < 4.78 is 2.13. The van der Waals surface area contributed by atoms with E-state index in [1.165, 1.54) is 5.69 Å². The number of thiophene rings is 1. The summed E-state index contributed by atoms with van der Waals surface area (Å²) in [5.41, 5.74) is 1.25. The van der Waals surface area contributed by atoms with Crippen LogP contribution in [0, 0.1) is 0 Å². The molecule has 1 atom stereocenters. The Morgan fingerprint density at radius 2 is 2.32 bits per heavy atom. The molecule has 2 aromatic rings. The van der Waals surface area contributed by atoms with E-state index in [9.17, 15) is 4.79 Å². The molecule has 1 saturated heterocycles. The van der Waals surface area contributed by atoms with Crippen molar-refractivity contribution in [3.8, 4) is 0 Å². The largest absolute Gasteiger partial charge is 0.353 e. The number of hydrogen-bond acceptors (Lipinski definition) is 2. The zero-order valence-corrected chi connectivity index (χ0v) is 11.9. The van der Waals surface area contributed by atoms with Gasteiger partial charge < -0.3 is 9.47 Å². The summed E-state index contributed by atoms with van der Waals surface area (Å²) in [6.07, 6.45) is 4.77. The van der Waals surface area contributed by atoms with E-state index in [4.69, 9.17) is 0 Å². The SMILES string of the molecule is Cn1cccc1C1CCCN1C(=O)Cc1cccs1. The minimum Gasteiger partial charge on any atom is -0.353 e. The van der Waals surface area contributed by atoms with Crippen molar-refractivity contribution in [3.63, 3.8) is 0 Å². The number of likely N-dealkylation sites (tertiary alicyclic amines) is 1. The van der Waals surface area contributed by atoms with Gasteiger partial charge in [-0.15, -0.1) is 11.3 Å². The number of aromatic nitrogens is 1. The van der Waals surface area contributed by atoms with E-state index in [1.807, 2.05) is 17.5 Å². The van der Waals surface area contributed by atoms with Crippen LogP contribution >= 0.6 is 11.3 Å². The van der Waals surface area contributed by atoms with Gasteiger partial charge in [-0.25, -0.2) is 0 Å². The van der Waals surface area contributed by atoms with Crippen LogP contribution < -0.4 is 0 Å². The molecule has 3 heterocycles. The molecule has 0 saturated carbocycles. The summed E-state index contributed by atoms with van der Waals surface area (Å²) in [5.74, 6) is 0.256. The van der Waals surface area contributed by atoms with Gasteiger partial charge in [0.1, 0.15) is 0 Å². The van der Waals surface area contributed by atoms with Gasteiger partial charge in [0, 0.05) is 30.4 Å². The van der Waals surface area contributed by atoms with E-state index in [1.54, 1.807) is 11.3 Å². The minimum absolute atomic E-state index is 0.256. The van der Waals surface area contributed by atoms with Crippen molar-refractivity contribution in [3.05, 3.63) is 46.4 Å². The predicted molar refractivity (Wildman–Crippen MR) is 77.1 cm³/mol. The molecule has 0 radical (unpaired) electrons. The van der Waals surface area contributed by atoms with Crippen LogP contribution in [0.25, 0.3) is 0 Å². The Morgan fingerprint density at radius 1 is 1.42 bits per heavy atom. The highest BCUT2D eigenvalue weighted by Crippen LogP contribution is 2.32. The van der Waals surface area contributed by atoms with E-state index < -0.39 is 0 Å². The first kappa shape index (κ1) is 12.5. The molecule has 3 rings (SSSR count). The number of hydrogen-bond donors (Lipinski definition) is 0. The molecule has 0 bridgehead atoms. The summed E-state index contributed by atoms with van der Waals surface area (Å²) in [7, 11) is 2.05. The fourth-order valence-electron chi connectivity index (χ4n) is 2.86. The molecule has 1 unspecified atom stereocenters. The molecule has 4 heteroatoms. The number of nitrogens with zero attached hydrogens (tertiary/aromatic N) is 2. The highest BCUT2D eigenvalue weighted by molar-refractivity contribution is 7.10. The quantitative estimate of drug-likeness (QED) is 0.844. The highest BCUT2D eigenvalue weighted by atomic mass is 32.1. The van der Waals surface area contributed by atoms with Crippen LogP contribution in [0.3, 0.4) is 0 Å². The Kier molecular flexibility index (Phi) is 3.42. The van der Waals surface area contributed by atoms with Crippen molar-refractivity contribution in [2.75, 3.05) is 6.54 Å². The number of carbonyl (C=O) groups excluding carboxylic acids is 1. The topological polar surface area (TPSA) is 25.2 Å². The molecule has 2 aromatic heterocycles. The molecular formula is C15H18N2OS. The van der Waals surface area contributed by atoms with Gasteiger partial charge in [-0.1, -0.05) is 6.07 Å². The molecule has 0 aliphatic carbocycles. The van der Waals surface area contributed by atoms with Crippen molar-refractivity contribution >= 4 is 17.2 Å². The molecule has 0 spiro atoms. The van der Waals surface area contributed by atoms with Gasteiger partial charge in [0.05, 0.1) is 12.5 Å². The van der Waals surface area contributed by atoms with E-state index in [0.29, 0.717) is 6.42 Å². The summed E-state index contributed by atoms with van der Waals surface area (Å²) in [4.78, 5) is 15.7. The predicted octanol–water partition coefficient (Wildman–Crippen LogP) is 2.99. The Hall–Kier alpha value is -1.55. The lowest BCUT2D eigenvalue weighted by atomic mass is 10.1. The molecule has 19 heavy (non-hydrogen) atoms. The maximum Gasteiger partial charge on any atom is 0.228 e. The maximum atomic E-state index is 12.5. The summed E-state index contributed by atoms with van der Waals surface area (Å²) in [5, 5.41) is 2.03. The average Bonchev–Trinajstić information content (AvgIpc) is 3.07. The summed E-state index contributed by atoms with van der Waals surface area (Å²) in [6, 6.07) is 8.48. The third kappa shape index (κ3) is 2.45. The normalized spacial score (nSPS) is 19.0. The lowest BCUT2D eigenvalue weighted by Gasteiger charge is -2.25. The van der Waals surface area contributed by atoms with Gasteiger partial charge in [0.2, 0.25) is 5.91 Å². The fourth-order valence-corrected chi connectivity index (χ4v) is 3.55. The van der Waals surface area contributed by atoms with Crippen LogP contribution in [-0.2, 0) is 18.3 Å². The van der Waals surface area contributed by atoms with Gasteiger partial charge in [-0.05, 0) is 36.4 Å². The lowest BCUT2D eigenvalue weighted by molar-refractivity contribution is -0.131. The second-order valence-electron chi connectivity index (χ2n) is 5.05. The van der Waals surface area contributed by atoms with Crippen LogP contribution in [0.15, 0.2) is 35.8 Å². The standard InChI is InChI=1S/C15H18N2OS/c1-16-8-2-6-13(16)14-7-3-9-17(14)15(18)11-12-5-4-10-19-12/h2,4-6,8,10,14H,3,7,9,11H2,1H3. The van der Waals surface area contributed by atoms with Crippen molar-refractivity contribution in [1.29, 1.82) is 0 Å². The molecule has 1 fully saturated rings. The first-order valence-electron chi connectivity index (χ1n) is 6.69. The first-order chi connectivity index (χ1) is 9.25. The van der Waals surface area contributed by atoms with Gasteiger partial charge in [-0.3, -0.25) is 4.79 Å². The van der Waals surface area contributed by atoms with Crippen molar-refractivity contribution in [2.24, 2.45) is 7.05 Å². The van der Waals surface area contributed by atoms with Crippen molar-refractivity contribution in [2.45, 2.75) is 25.3 Å². The Bertz CT molecular complexity index is 558. The van der Waals surface area contributed by atoms with Crippen LogP contribution in [-0.4, -0.2) is 21.9 Å². The maximum absolute atomic E-state index is 12.5. The zero-order chi connectivity index (χ0) is 13.2. The number of aryl methyl sites for hydroxylation is 1. The first-order valence-corrected chi connectivity index (χ1v) is 7.57. The second kappa shape index (κ2) is 5.21. The summed E-state index contributed by atoms with van der Waals surface area (Å²) >= 11 is 1.66. The van der Waals surface area contributed by atoms with Crippen molar-refractivity contribution < 1.29 is 4.79 Å². The number of rotatable bonds is 3. The van der Waals surface area contributed by atoms with E-state index >= 15 is 0 Å². The van der Waals surface area contributed by atoms with Crippen molar-refractivity contribution in [1.82, 2.24) is 9.47 Å². The highest BCUT2D eigenvalue weighted by Gasteiger charge is 2.31. The molecule has 1 aliphatic heterocycles. The van der Waals surface area contributed by atoms with Gasteiger partial charge in [0.25, 0.3) is 0 Å². The second-order valence-corrected chi connectivity index (χ2v) is 6.08. The Balaban J connectivity index is 1.76. The number of carbonyl (C=O) groups is 1. The molecular weight excluding hydrogens is 256 g/mol. The molecule has 100 valence electrons. The van der Waals surface area contributed by atoms with Crippen LogP contribution in [0.5, 0.6) is 0 Å². The van der Waals surface area contributed by atoms with Gasteiger partial charge in [-0.2, -0.15) is 0 Å². The Morgan fingerprint density at radius 3 is 3.00 bits per heavy atom. The third-order valence-electron chi connectivity index (χ3n) is 3.80. The Labute approximate surface area is 117 Å². The van der Waals surface area contributed by atoms with E-state index in [-0.39, 0.29) is 11.9 Å². The van der Waals surface area contributed by atoms with E-state index in [0.717, 1.165) is 24.3 Å². The van der Waals surface area contributed by atoms with Gasteiger partial charge in [0.15, 0.2) is 0 Å². The lowest BCUT2D eigenvalue weighted by Crippen LogP contribution is -2.32. The van der Waals surface area contributed by atoms with Gasteiger partial charge >= 0.3 is 0 Å². The van der Waals surface area contributed by atoms with Crippen LogP contribution in [0.4, 0.5) is 0 Å². The summed E-state index contributed by atoms with van der Waals surface area (Å²) in [6.45, 7) is 0.889. The third-order valence-corrected chi connectivity index (χ3v) is 4.68. The van der Waals surface area contributed by atoms with Crippen LogP contribution in [0.1, 0.15) is 29.5 Å². The fraction of sp³-hybridized carbons (Fsp3) is 0.400. The average molecular weight is 274 g/mol. The monoisotopic (exact) mass is 274 g/mol. The minimum atomic E-state index is 0.256. The molecule has 0 N–H and O–H groups in total. The van der Waals surface area contributed by atoms with E-state index in [2.05, 4.69) is 34.8 Å². The van der Waals surface area contributed by atoms with Crippen LogP contribution in [0.2, 0.25) is 0 Å². The molecule has 0 aromatic carbocycles. The number of amides is 1.